The van der Waals surface area contributed by atoms with Crippen LogP contribution in [0.3, 0.4) is 0 Å². The Hall–Kier alpha value is -4.19. The fraction of sp³-hybridized carbons (Fsp3) is 0.226. The summed E-state index contributed by atoms with van der Waals surface area (Å²) in [7, 11) is -3.33. The fourth-order valence-electron chi connectivity index (χ4n) is 4.69. The average molecular weight is 626 g/mol. The number of ether oxygens (including phenoxy) is 1. The van der Waals surface area contributed by atoms with Crippen molar-refractivity contribution in [2.75, 3.05) is 34.7 Å². The van der Waals surface area contributed by atoms with E-state index in [2.05, 4.69) is 25.2 Å². The maximum absolute atomic E-state index is 13.8. The van der Waals surface area contributed by atoms with Crippen molar-refractivity contribution in [2.45, 2.75) is 25.4 Å². The number of hydrogen-bond donors (Lipinski definition) is 3. The maximum Gasteiger partial charge on any atom is 0.255 e. The highest BCUT2D eigenvalue weighted by Gasteiger charge is 2.19. The standard InChI is InChI=1S/C31H32FN5O4S.ClH/c1-42(39,40)36-26-11-13-27(14-12-26)41-30-15-6-22(20-33-30)21-37-18-16-25(17-19-37)34-24-9-7-23(8-10-24)31(38)35-29-5-3-2-4-28(29)32;/h2-15,20,25,34,36H,16-19,21H2,1H3,(H,35,38);1H. The molecule has 0 spiro atoms. The van der Waals surface area contributed by atoms with Gasteiger partial charge in [-0.2, -0.15) is 0 Å². The van der Waals surface area contributed by atoms with Crippen LogP contribution in [0.25, 0.3) is 0 Å². The molecule has 0 saturated carbocycles. The summed E-state index contributed by atoms with van der Waals surface area (Å²) >= 11 is 0. The van der Waals surface area contributed by atoms with Crippen LogP contribution in [0.1, 0.15) is 28.8 Å². The predicted molar refractivity (Wildman–Crippen MR) is 169 cm³/mol. The molecule has 0 bridgehead atoms. The molecule has 0 aliphatic carbocycles. The molecule has 0 radical (unpaired) electrons. The first-order valence-electron chi connectivity index (χ1n) is 13.6. The molecule has 1 aromatic heterocycles. The van der Waals surface area contributed by atoms with E-state index in [0.29, 0.717) is 28.9 Å². The first kappa shape index (κ1) is 31.7. The monoisotopic (exact) mass is 625 g/mol. The summed E-state index contributed by atoms with van der Waals surface area (Å²) in [6.45, 7) is 2.66. The second-order valence-corrected chi connectivity index (χ2v) is 12.0. The molecule has 1 amide bonds. The number of carbonyl (C=O) groups is 1. The quantitative estimate of drug-likeness (QED) is 0.194. The van der Waals surface area contributed by atoms with Gasteiger partial charge in [-0.1, -0.05) is 18.2 Å². The van der Waals surface area contributed by atoms with Gasteiger partial charge in [-0.25, -0.2) is 17.8 Å². The van der Waals surface area contributed by atoms with Crippen molar-refractivity contribution in [2.24, 2.45) is 0 Å². The van der Waals surface area contributed by atoms with Crippen LogP contribution >= 0.6 is 12.4 Å². The third kappa shape index (κ3) is 9.40. The Bertz CT molecular complexity index is 1610. The molecule has 12 heteroatoms. The number of nitrogens with one attached hydrogen (secondary N) is 3. The van der Waals surface area contributed by atoms with Crippen molar-refractivity contribution in [3.63, 3.8) is 0 Å². The lowest BCUT2D eigenvalue weighted by Crippen LogP contribution is -2.38. The van der Waals surface area contributed by atoms with Crippen LogP contribution in [-0.4, -0.2) is 49.6 Å². The molecule has 1 saturated heterocycles. The molecule has 5 rings (SSSR count). The molecule has 3 N–H and O–H groups in total. The van der Waals surface area contributed by atoms with E-state index in [0.717, 1.165) is 50.0 Å². The van der Waals surface area contributed by atoms with Crippen molar-refractivity contribution >= 4 is 45.4 Å². The molecule has 1 fully saturated rings. The number of rotatable bonds is 10. The summed E-state index contributed by atoms with van der Waals surface area (Å²) < 4.78 is 44.7. The van der Waals surface area contributed by atoms with Crippen molar-refractivity contribution in [3.05, 3.63) is 108 Å². The zero-order valence-electron chi connectivity index (χ0n) is 23.5. The largest absolute Gasteiger partial charge is 0.439 e. The Kier molecular flexibility index (Phi) is 10.6. The van der Waals surface area contributed by atoms with E-state index in [1.807, 2.05) is 30.5 Å². The van der Waals surface area contributed by atoms with Crippen LogP contribution in [-0.2, 0) is 16.6 Å². The Balaban J connectivity index is 0.00000423. The minimum Gasteiger partial charge on any atom is -0.439 e. The van der Waals surface area contributed by atoms with Crippen molar-refractivity contribution in [3.8, 4) is 11.6 Å². The minimum absolute atomic E-state index is 0. The number of aromatic nitrogens is 1. The molecule has 0 unspecified atom stereocenters. The number of para-hydroxylation sites is 1. The molecule has 3 aromatic carbocycles. The average Bonchev–Trinajstić information content (AvgIpc) is 2.97. The van der Waals surface area contributed by atoms with Gasteiger partial charge in [0.1, 0.15) is 11.6 Å². The van der Waals surface area contributed by atoms with Crippen molar-refractivity contribution in [1.29, 1.82) is 0 Å². The number of hydrogen-bond acceptors (Lipinski definition) is 7. The highest BCUT2D eigenvalue weighted by molar-refractivity contribution is 7.92. The number of piperidine rings is 1. The van der Waals surface area contributed by atoms with Crippen LogP contribution in [0.2, 0.25) is 0 Å². The second-order valence-electron chi connectivity index (χ2n) is 10.2. The zero-order valence-corrected chi connectivity index (χ0v) is 25.1. The Morgan fingerprint density at radius 3 is 2.26 bits per heavy atom. The maximum atomic E-state index is 13.8. The van der Waals surface area contributed by atoms with E-state index in [4.69, 9.17) is 4.74 Å². The summed E-state index contributed by atoms with van der Waals surface area (Å²) in [6.07, 6.45) is 4.87. The molecule has 1 aliphatic rings. The molecule has 9 nitrogen and oxygen atoms in total. The lowest BCUT2D eigenvalue weighted by molar-refractivity contribution is 0.102. The molecule has 0 atom stereocenters. The molecule has 43 heavy (non-hydrogen) atoms. The minimum atomic E-state index is -3.33. The van der Waals surface area contributed by atoms with Gasteiger partial charge in [0, 0.05) is 54.9 Å². The normalized spacial score (nSPS) is 13.9. The predicted octanol–water partition coefficient (Wildman–Crippen LogP) is 6.14. The number of likely N-dealkylation sites (tertiary alicyclic amines) is 1. The number of pyridine rings is 1. The van der Waals surface area contributed by atoms with Crippen LogP contribution in [0.5, 0.6) is 11.6 Å². The molecule has 4 aromatic rings. The Morgan fingerprint density at radius 2 is 1.63 bits per heavy atom. The van der Waals surface area contributed by atoms with Gasteiger partial charge in [0.05, 0.1) is 11.9 Å². The van der Waals surface area contributed by atoms with E-state index in [1.165, 1.54) is 12.1 Å². The number of anilines is 3. The first-order chi connectivity index (χ1) is 20.2. The van der Waals surface area contributed by atoms with Gasteiger partial charge in [-0.3, -0.25) is 14.4 Å². The van der Waals surface area contributed by atoms with E-state index < -0.39 is 15.8 Å². The van der Waals surface area contributed by atoms with E-state index in [9.17, 15) is 17.6 Å². The van der Waals surface area contributed by atoms with Crippen LogP contribution in [0, 0.1) is 5.82 Å². The second kappa shape index (κ2) is 14.3. The van der Waals surface area contributed by atoms with E-state index >= 15 is 0 Å². The van der Waals surface area contributed by atoms with Gasteiger partial charge < -0.3 is 15.4 Å². The number of benzene rings is 3. The zero-order chi connectivity index (χ0) is 29.5. The summed E-state index contributed by atoms with van der Waals surface area (Å²) in [5.74, 6) is 0.196. The number of sulfonamides is 1. The summed E-state index contributed by atoms with van der Waals surface area (Å²) in [5.41, 5.74) is 3.11. The Labute approximate surface area is 256 Å². The van der Waals surface area contributed by atoms with Crippen molar-refractivity contribution in [1.82, 2.24) is 9.88 Å². The highest BCUT2D eigenvalue weighted by Crippen LogP contribution is 2.23. The number of nitrogens with zero attached hydrogens (tertiary/aromatic N) is 2. The molecular weight excluding hydrogens is 593 g/mol. The SMILES string of the molecule is CS(=O)(=O)Nc1ccc(Oc2ccc(CN3CCC(Nc4ccc(C(=O)Nc5ccccc5F)cc4)CC3)cn2)cc1.Cl. The van der Waals surface area contributed by atoms with Crippen molar-refractivity contribution < 1.29 is 22.3 Å². The molecule has 2 heterocycles. The number of carbonyl (C=O) groups excluding carboxylic acids is 1. The Morgan fingerprint density at radius 1 is 0.953 bits per heavy atom. The number of halogens is 2. The topological polar surface area (TPSA) is 113 Å². The van der Waals surface area contributed by atoms with Crippen LogP contribution in [0.4, 0.5) is 21.5 Å². The van der Waals surface area contributed by atoms with Crippen LogP contribution < -0.4 is 20.1 Å². The third-order valence-corrected chi connectivity index (χ3v) is 7.42. The molecular formula is C31H33ClFN5O4S. The summed E-state index contributed by atoms with van der Waals surface area (Å²) in [6, 6.07) is 24.1. The third-order valence-electron chi connectivity index (χ3n) is 6.81. The molecule has 1 aliphatic heterocycles. The summed E-state index contributed by atoms with van der Waals surface area (Å²) in [4.78, 5) is 19.3. The van der Waals surface area contributed by atoms with Gasteiger partial charge in [-0.15, -0.1) is 12.4 Å². The van der Waals surface area contributed by atoms with Gasteiger partial charge in [0.15, 0.2) is 0 Å². The fourth-order valence-corrected chi connectivity index (χ4v) is 5.26. The van der Waals surface area contributed by atoms with Gasteiger partial charge >= 0.3 is 0 Å². The van der Waals surface area contributed by atoms with E-state index in [1.54, 1.807) is 48.5 Å². The van der Waals surface area contributed by atoms with Gasteiger partial charge in [0.25, 0.3) is 5.91 Å². The summed E-state index contributed by atoms with van der Waals surface area (Å²) in [5, 5.41) is 6.16. The van der Waals surface area contributed by atoms with Crippen LogP contribution in [0.15, 0.2) is 91.1 Å². The lowest BCUT2D eigenvalue weighted by Gasteiger charge is -2.32. The molecule has 226 valence electrons. The van der Waals surface area contributed by atoms with Gasteiger partial charge in [0.2, 0.25) is 15.9 Å². The van der Waals surface area contributed by atoms with E-state index in [-0.39, 0.29) is 24.0 Å². The highest BCUT2D eigenvalue weighted by atomic mass is 35.5. The smallest absolute Gasteiger partial charge is 0.255 e. The van der Waals surface area contributed by atoms with Gasteiger partial charge in [-0.05, 0) is 79.1 Å². The number of amides is 1. The lowest BCUT2D eigenvalue weighted by atomic mass is 10.0. The first-order valence-corrected chi connectivity index (χ1v) is 15.4.